The number of carbonyl (C=O) groups excluding carboxylic acids is 1. The number of aromatic amines is 1. The van der Waals surface area contributed by atoms with Gasteiger partial charge in [-0.2, -0.15) is 10.1 Å². The van der Waals surface area contributed by atoms with Crippen LogP contribution in [0.5, 0.6) is 0 Å². The van der Waals surface area contributed by atoms with Crippen molar-refractivity contribution in [1.82, 2.24) is 25.1 Å². The molecule has 1 aliphatic heterocycles. The van der Waals surface area contributed by atoms with Gasteiger partial charge in [0.1, 0.15) is 11.9 Å². The Bertz CT molecular complexity index is 1140. The first-order chi connectivity index (χ1) is 15.7. The summed E-state index contributed by atoms with van der Waals surface area (Å²) >= 11 is 0. The summed E-state index contributed by atoms with van der Waals surface area (Å²) < 4.78 is 0. The molecule has 1 amide bonds. The number of nitrogens with zero attached hydrogens (tertiary/aromatic N) is 5. The summed E-state index contributed by atoms with van der Waals surface area (Å²) in [6.07, 6.45) is 10.5. The van der Waals surface area contributed by atoms with Crippen molar-refractivity contribution in [2.24, 2.45) is 0 Å². The predicted octanol–water partition coefficient (Wildman–Crippen LogP) is 3.31. The zero-order valence-corrected chi connectivity index (χ0v) is 17.8. The average molecular weight is 431 g/mol. The van der Waals surface area contributed by atoms with Crippen molar-refractivity contribution in [3.63, 3.8) is 0 Å². The van der Waals surface area contributed by atoms with Crippen molar-refractivity contribution in [3.8, 4) is 0 Å². The third-order valence-corrected chi connectivity index (χ3v) is 6.52. The van der Waals surface area contributed by atoms with E-state index in [2.05, 4.69) is 31.9 Å². The van der Waals surface area contributed by atoms with Gasteiger partial charge in [0.05, 0.1) is 17.6 Å². The van der Waals surface area contributed by atoms with Crippen LogP contribution in [0.2, 0.25) is 0 Å². The van der Waals surface area contributed by atoms with E-state index in [1.54, 1.807) is 12.4 Å². The van der Waals surface area contributed by atoms with Gasteiger partial charge in [-0.05, 0) is 57.1 Å². The average Bonchev–Trinajstić information content (AvgIpc) is 3.20. The van der Waals surface area contributed by atoms with Crippen molar-refractivity contribution >= 4 is 29.2 Å². The van der Waals surface area contributed by atoms with Crippen LogP contribution in [0, 0.1) is 0 Å². The number of H-pyrrole nitrogens is 1. The number of hydrogen-bond donors (Lipinski definition) is 3. The molecule has 1 saturated heterocycles. The largest absolute Gasteiger partial charge is 0.329 e. The van der Waals surface area contributed by atoms with Crippen LogP contribution in [0.25, 0.3) is 0 Å². The lowest BCUT2D eigenvalue weighted by molar-refractivity contribution is -0.117. The van der Waals surface area contributed by atoms with Gasteiger partial charge in [0.25, 0.3) is 0 Å². The quantitative estimate of drug-likeness (QED) is 0.550. The molecule has 9 nitrogen and oxygen atoms in total. The number of amides is 1. The van der Waals surface area contributed by atoms with E-state index < -0.39 is 0 Å². The van der Waals surface area contributed by atoms with Crippen molar-refractivity contribution in [2.75, 3.05) is 22.1 Å². The summed E-state index contributed by atoms with van der Waals surface area (Å²) in [6, 6.07) is 5.45. The van der Waals surface area contributed by atoms with Gasteiger partial charge in [-0.25, -0.2) is 4.98 Å². The monoisotopic (exact) mass is 430 g/mol. The highest BCUT2D eigenvalue weighted by atomic mass is 16.2. The number of hydrogen-bond acceptors (Lipinski definition) is 7. The Hall–Kier alpha value is -3.49. The van der Waals surface area contributed by atoms with Gasteiger partial charge in [0.2, 0.25) is 11.9 Å². The number of pyridine rings is 1. The maximum atomic E-state index is 13.0. The first-order valence-electron chi connectivity index (χ1n) is 11.4. The normalized spacial score (nSPS) is 19.8. The van der Waals surface area contributed by atoms with Gasteiger partial charge in [0.15, 0.2) is 5.82 Å². The van der Waals surface area contributed by atoms with Crippen LogP contribution >= 0.6 is 0 Å². The van der Waals surface area contributed by atoms with E-state index in [1.807, 2.05) is 17.0 Å². The molecule has 3 aromatic rings. The fourth-order valence-corrected chi connectivity index (χ4v) is 4.72. The molecule has 1 atom stereocenters. The fraction of sp³-hybridized carbons (Fsp3) is 0.435. The van der Waals surface area contributed by atoms with Gasteiger partial charge < -0.3 is 15.5 Å². The number of anilines is 4. The Kier molecular flexibility index (Phi) is 4.74. The molecule has 0 unspecified atom stereocenters. The SMILES string of the molecule is O=C(Nc1cccnc1)[C@H]1CCCN1c1nc2c(c(Nc3cc(C4CC4)[nH]n3)n1)CCC2. The van der Waals surface area contributed by atoms with E-state index in [4.69, 9.17) is 9.97 Å². The Morgan fingerprint density at radius 2 is 2.09 bits per heavy atom. The molecule has 0 radical (unpaired) electrons. The number of carbonyl (C=O) groups is 1. The van der Waals surface area contributed by atoms with Crippen LogP contribution in [-0.2, 0) is 17.6 Å². The molecule has 0 aromatic carbocycles. The highest BCUT2D eigenvalue weighted by Crippen LogP contribution is 2.40. The van der Waals surface area contributed by atoms with Crippen LogP contribution in [-0.4, -0.2) is 43.6 Å². The van der Waals surface area contributed by atoms with E-state index in [1.165, 1.54) is 24.1 Å². The van der Waals surface area contributed by atoms with E-state index in [-0.39, 0.29) is 11.9 Å². The maximum Gasteiger partial charge on any atom is 0.247 e. The highest BCUT2D eigenvalue weighted by Gasteiger charge is 2.34. The Balaban J connectivity index is 1.27. The molecule has 1 saturated carbocycles. The number of nitrogens with one attached hydrogen (secondary N) is 3. The molecule has 2 fully saturated rings. The summed E-state index contributed by atoms with van der Waals surface area (Å²) in [4.78, 5) is 28.9. The van der Waals surface area contributed by atoms with Gasteiger partial charge >= 0.3 is 0 Å². The van der Waals surface area contributed by atoms with E-state index in [0.29, 0.717) is 17.6 Å². The van der Waals surface area contributed by atoms with E-state index in [9.17, 15) is 4.79 Å². The molecule has 3 aliphatic rings. The van der Waals surface area contributed by atoms with Crippen LogP contribution in [0.4, 0.5) is 23.3 Å². The number of fused-ring (bicyclic) bond motifs is 1. The first kappa shape index (κ1) is 19.2. The maximum absolute atomic E-state index is 13.0. The highest BCUT2D eigenvalue weighted by molar-refractivity contribution is 5.96. The zero-order chi connectivity index (χ0) is 21.5. The van der Waals surface area contributed by atoms with Gasteiger partial charge in [-0.15, -0.1) is 0 Å². The number of aryl methyl sites for hydroxylation is 1. The van der Waals surface area contributed by atoms with Crippen LogP contribution in [0.15, 0.2) is 30.6 Å². The Morgan fingerprint density at radius 3 is 2.94 bits per heavy atom. The summed E-state index contributed by atoms with van der Waals surface area (Å²) in [5.74, 6) is 2.80. The molecule has 0 bridgehead atoms. The molecule has 3 N–H and O–H groups in total. The minimum Gasteiger partial charge on any atom is -0.329 e. The zero-order valence-electron chi connectivity index (χ0n) is 17.8. The first-order valence-corrected chi connectivity index (χ1v) is 11.4. The van der Waals surface area contributed by atoms with Crippen LogP contribution in [0.3, 0.4) is 0 Å². The Morgan fingerprint density at radius 1 is 1.16 bits per heavy atom. The van der Waals surface area contributed by atoms with Crippen molar-refractivity contribution < 1.29 is 4.79 Å². The molecule has 6 rings (SSSR count). The summed E-state index contributed by atoms with van der Waals surface area (Å²) in [5, 5.41) is 14.0. The lowest BCUT2D eigenvalue weighted by Crippen LogP contribution is -2.40. The van der Waals surface area contributed by atoms with Gasteiger partial charge in [-0.3, -0.25) is 14.9 Å². The summed E-state index contributed by atoms with van der Waals surface area (Å²) in [7, 11) is 0. The molecule has 32 heavy (non-hydrogen) atoms. The standard InChI is InChI=1S/C23H26N8O/c32-22(25-15-4-2-10-24-13-15)19-7-3-11-31(19)23-26-17-6-1-5-16(17)21(28-23)27-20-12-18(29-30-20)14-8-9-14/h2,4,10,12-14,19H,1,3,5-9,11H2,(H,25,32)(H2,26,27,28,29,30)/t19-/m1/s1. The second-order valence-electron chi connectivity index (χ2n) is 8.84. The molecule has 3 aromatic heterocycles. The number of aromatic nitrogens is 5. The lowest BCUT2D eigenvalue weighted by atomic mass is 10.2. The second-order valence-corrected chi connectivity index (χ2v) is 8.84. The van der Waals surface area contributed by atoms with Crippen molar-refractivity contribution in [1.29, 1.82) is 0 Å². The Labute approximate surface area is 186 Å². The molecular weight excluding hydrogens is 404 g/mol. The summed E-state index contributed by atoms with van der Waals surface area (Å²) in [6.45, 7) is 0.761. The second kappa shape index (κ2) is 7.89. The third-order valence-electron chi connectivity index (χ3n) is 6.52. The number of rotatable bonds is 6. The smallest absolute Gasteiger partial charge is 0.247 e. The molecule has 2 aliphatic carbocycles. The molecular formula is C23H26N8O. The van der Waals surface area contributed by atoms with Crippen molar-refractivity contribution in [3.05, 3.63) is 47.5 Å². The minimum atomic E-state index is -0.297. The van der Waals surface area contributed by atoms with Crippen LogP contribution in [0.1, 0.15) is 55.0 Å². The van der Waals surface area contributed by atoms with Crippen LogP contribution < -0.4 is 15.5 Å². The topological polar surface area (TPSA) is 112 Å². The molecule has 0 spiro atoms. The third kappa shape index (κ3) is 3.68. The molecule has 9 heteroatoms. The molecule has 164 valence electrons. The molecule has 4 heterocycles. The van der Waals surface area contributed by atoms with Gasteiger partial charge in [0, 0.05) is 36.0 Å². The minimum absolute atomic E-state index is 0.0458. The van der Waals surface area contributed by atoms with Gasteiger partial charge in [-0.1, -0.05) is 0 Å². The summed E-state index contributed by atoms with van der Waals surface area (Å²) in [5.41, 5.74) is 4.13. The fourth-order valence-electron chi connectivity index (χ4n) is 4.72. The lowest BCUT2D eigenvalue weighted by Gasteiger charge is -2.25. The van der Waals surface area contributed by atoms with E-state index >= 15 is 0 Å². The predicted molar refractivity (Wildman–Crippen MR) is 121 cm³/mol. The van der Waals surface area contributed by atoms with Crippen molar-refractivity contribution in [2.45, 2.75) is 56.9 Å². The van der Waals surface area contributed by atoms with E-state index in [0.717, 1.165) is 56.0 Å².